The van der Waals surface area contributed by atoms with Crippen LogP contribution in [0.25, 0.3) is 24.3 Å². The fourth-order valence-electron chi connectivity index (χ4n) is 5.96. The highest BCUT2D eigenvalue weighted by atomic mass is 14.9. The molecule has 0 bridgehead atoms. The first-order valence-electron chi connectivity index (χ1n) is 15.3. The maximum atomic E-state index is 3.72. The van der Waals surface area contributed by atoms with E-state index in [1.54, 1.807) is 0 Å². The SMILES string of the molecule is CC(C)c1ccc2c(c1)C=Cc1ccc(C(C)CCCc3ccc4c(c3)C=Cc3ccc(C(C)C)cc3N4)cc1N2. The molecule has 1 atom stereocenters. The van der Waals surface area contributed by atoms with Gasteiger partial charge in [0.15, 0.2) is 0 Å². The molecule has 2 N–H and O–H groups in total. The molecule has 2 aliphatic rings. The van der Waals surface area contributed by atoms with Gasteiger partial charge in [-0.05, 0) is 118 Å². The van der Waals surface area contributed by atoms with Crippen LogP contribution in [-0.4, -0.2) is 0 Å². The Balaban J connectivity index is 1.10. The van der Waals surface area contributed by atoms with Crippen LogP contribution in [-0.2, 0) is 6.42 Å². The molecule has 41 heavy (non-hydrogen) atoms. The van der Waals surface area contributed by atoms with Gasteiger partial charge in [-0.15, -0.1) is 0 Å². The molecule has 4 aromatic carbocycles. The summed E-state index contributed by atoms with van der Waals surface area (Å²) in [7, 11) is 0. The summed E-state index contributed by atoms with van der Waals surface area (Å²) in [6.45, 7) is 11.4. The summed E-state index contributed by atoms with van der Waals surface area (Å²) < 4.78 is 0. The molecule has 1 unspecified atom stereocenters. The number of aryl methyl sites for hydroxylation is 1. The Morgan fingerprint density at radius 2 is 1.00 bits per heavy atom. The molecule has 2 aliphatic heterocycles. The van der Waals surface area contributed by atoms with Gasteiger partial charge in [0, 0.05) is 22.7 Å². The molecule has 0 amide bonds. The van der Waals surface area contributed by atoms with Gasteiger partial charge in [0.05, 0.1) is 0 Å². The van der Waals surface area contributed by atoms with Crippen LogP contribution < -0.4 is 10.6 Å². The summed E-state index contributed by atoms with van der Waals surface area (Å²) in [5, 5.41) is 7.41. The van der Waals surface area contributed by atoms with Gasteiger partial charge in [-0.25, -0.2) is 0 Å². The molecule has 208 valence electrons. The average molecular weight is 539 g/mol. The Hall–Kier alpha value is -4.04. The molecular formula is C39H42N2. The van der Waals surface area contributed by atoms with Gasteiger partial charge in [0.25, 0.3) is 0 Å². The maximum Gasteiger partial charge on any atom is 0.0460 e. The summed E-state index contributed by atoms with van der Waals surface area (Å²) in [6, 6.07) is 27.4. The molecule has 2 heteroatoms. The zero-order valence-electron chi connectivity index (χ0n) is 25.1. The minimum absolute atomic E-state index is 0.504. The third kappa shape index (κ3) is 5.88. The maximum absolute atomic E-state index is 3.72. The standard InChI is InChI=1S/C39H42N2/c1-25(2)31-18-20-37-35(22-31)17-13-30-11-15-33(24-39(30)41-37)27(5)7-6-8-28-9-19-36-34(21-28)16-12-29-10-14-32(26(3)4)23-38(29)40-36/h9-27,40-41H,6-8H2,1-5H3. The van der Waals surface area contributed by atoms with Gasteiger partial charge in [0.2, 0.25) is 0 Å². The summed E-state index contributed by atoms with van der Waals surface area (Å²) in [5.74, 6) is 1.55. The molecule has 0 aromatic heterocycles. The molecule has 0 aliphatic carbocycles. The molecule has 0 fully saturated rings. The van der Waals surface area contributed by atoms with Crippen LogP contribution in [0.2, 0.25) is 0 Å². The molecule has 2 heterocycles. The predicted molar refractivity (Wildman–Crippen MR) is 180 cm³/mol. The predicted octanol–water partition coefficient (Wildman–Crippen LogP) is 11.5. The van der Waals surface area contributed by atoms with E-state index in [0.29, 0.717) is 17.8 Å². The van der Waals surface area contributed by atoms with E-state index in [0.717, 1.165) is 12.8 Å². The van der Waals surface area contributed by atoms with E-state index < -0.39 is 0 Å². The lowest BCUT2D eigenvalue weighted by Gasteiger charge is -2.17. The highest BCUT2D eigenvalue weighted by Crippen LogP contribution is 2.36. The molecule has 4 aromatic rings. The van der Waals surface area contributed by atoms with Crippen molar-refractivity contribution in [3.63, 3.8) is 0 Å². The molecule has 0 saturated heterocycles. The zero-order valence-corrected chi connectivity index (χ0v) is 25.1. The van der Waals surface area contributed by atoms with Crippen molar-refractivity contribution in [1.82, 2.24) is 0 Å². The minimum atomic E-state index is 0.504. The molecule has 0 radical (unpaired) electrons. The van der Waals surface area contributed by atoms with Crippen LogP contribution in [0.4, 0.5) is 22.7 Å². The third-order valence-corrected chi connectivity index (χ3v) is 8.77. The lowest BCUT2D eigenvalue weighted by atomic mass is 9.92. The highest BCUT2D eigenvalue weighted by molar-refractivity contribution is 5.89. The lowest BCUT2D eigenvalue weighted by molar-refractivity contribution is 0.634. The fourth-order valence-corrected chi connectivity index (χ4v) is 5.96. The van der Waals surface area contributed by atoms with E-state index >= 15 is 0 Å². The monoisotopic (exact) mass is 538 g/mol. The van der Waals surface area contributed by atoms with Crippen molar-refractivity contribution in [3.8, 4) is 0 Å². The molecule has 0 saturated carbocycles. The largest absolute Gasteiger partial charge is 0.355 e. The second-order valence-corrected chi connectivity index (χ2v) is 12.5. The summed E-state index contributed by atoms with van der Waals surface area (Å²) in [4.78, 5) is 0. The van der Waals surface area contributed by atoms with E-state index in [9.17, 15) is 0 Å². The van der Waals surface area contributed by atoms with E-state index in [1.807, 2.05) is 0 Å². The summed E-state index contributed by atoms with van der Waals surface area (Å²) in [6.07, 6.45) is 12.4. The second kappa shape index (κ2) is 11.4. The first kappa shape index (κ1) is 27.1. The van der Waals surface area contributed by atoms with Gasteiger partial charge >= 0.3 is 0 Å². The van der Waals surface area contributed by atoms with Crippen molar-refractivity contribution < 1.29 is 0 Å². The summed E-state index contributed by atoms with van der Waals surface area (Å²) in [5.41, 5.74) is 15.3. The Labute approximate surface area is 246 Å². The number of hydrogen-bond acceptors (Lipinski definition) is 2. The highest BCUT2D eigenvalue weighted by Gasteiger charge is 2.15. The van der Waals surface area contributed by atoms with E-state index in [2.05, 4.69) is 142 Å². The van der Waals surface area contributed by atoms with Gasteiger partial charge in [-0.1, -0.05) is 95.3 Å². The molecule has 2 nitrogen and oxygen atoms in total. The first-order valence-corrected chi connectivity index (χ1v) is 15.3. The van der Waals surface area contributed by atoms with Crippen LogP contribution >= 0.6 is 0 Å². The number of fused-ring (bicyclic) bond motifs is 4. The molecule has 6 rings (SSSR count). The third-order valence-electron chi connectivity index (χ3n) is 8.77. The molecular weight excluding hydrogens is 496 g/mol. The van der Waals surface area contributed by atoms with Crippen molar-refractivity contribution in [2.45, 2.75) is 71.6 Å². The topological polar surface area (TPSA) is 24.1 Å². The van der Waals surface area contributed by atoms with Crippen molar-refractivity contribution in [2.24, 2.45) is 0 Å². The second-order valence-electron chi connectivity index (χ2n) is 12.5. The minimum Gasteiger partial charge on any atom is -0.355 e. The number of rotatable bonds is 7. The lowest BCUT2D eigenvalue weighted by Crippen LogP contribution is -2.00. The van der Waals surface area contributed by atoms with E-state index in [1.165, 1.54) is 73.7 Å². The average Bonchev–Trinajstić information content (AvgIpc) is 3.27. The van der Waals surface area contributed by atoms with Gasteiger partial charge in [-0.3, -0.25) is 0 Å². The van der Waals surface area contributed by atoms with Crippen molar-refractivity contribution >= 4 is 47.1 Å². The summed E-state index contributed by atoms with van der Waals surface area (Å²) >= 11 is 0. The fraction of sp³-hybridized carbons (Fsp3) is 0.282. The van der Waals surface area contributed by atoms with E-state index in [-0.39, 0.29) is 0 Å². The smallest absolute Gasteiger partial charge is 0.0460 e. The Morgan fingerprint density at radius 3 is 1.66 bits per heavy atom. The first-order chi connectivity index (χ1) is 19.8. The Kier molecular flexibility index (Phi) is 7.58. The normalized spacial score (nSPS) is 13.8. The van der Waals surface area contributed by atoms with Gasteiger partial charge in [-0.2, -0.15) is 0 Å². The van der Waals surface area contributed by atoms with Crippen molar-refractivity contribution in [3.05, 3.63) is 117 Å². The van der Waals surface area contributed by atoms with Crippen molar-refractivity contribution in [1.29, 1.82) is 0 Å². The van der Waals surface area contributed by atoms with Gasteiger partial charge < -0.3 is 10.6 Å². The Bertz CT molecular complexity index is 1640. The zero-order chi connectivity index (χ0) is 28.5. The van der Waals surface area contributed by atoms with Gasteiger partial charge in [0.1, 0.15) is 0 Å². The number of nitrogens with one attached hydrogen (secondary N) is 2. The number of hydrogen-bond donors (Lipinski definition) is 2. The van der Waals surface area contributed by atoms with Crippen LogP contribution in [0.15, 0.2) is 72.8 Å². The van der Waals surface area contributed by atoms with Crippen molar-refractivity contribution in [2.75, 3.05) is 10.6 Å². The quantitative estimate of drug-likeness (QED) is 0.211. The Morgan fingerprint density at radius 1 is 0.488 bits per heavy atom. The van der Waals surface area contributed by atoms with Crippen LogP contribution in [0.3, 0.4) is 0 Å². The van der Waals surface area contributed by atoms with Crippen LogP contribution in [0.1, 0.15) is 110 Å². The van der Waals surface area contributed by atoms with E-state index in [4.69, 9.17) is 0 Å². The number of anilines is 4. The molecule has 0 spiro atoms. The van der Waals surface area contributed by atoms with Crippen LogP contribution in [0, 0.1) is 0 Å². The van der Waals surface area contributed by atoms with Crippen LogP contribution in [0.5, 0.6) is 0 Å². The number of benzene rings is 4.